The summed E-state index contributed by atoms with van der Waals surface area (Å²) in [7, 11) is 0. The van der Waals surface area contributed by atoms with Gasteiger partial charge in [0.05, 0.1) is 29.8 Å². The first-order chi connectivity index (χ1) is 20.8. The summed E-state index contributed by atoms with van der Waals surface area (Å²) >= 11 is 0. The van der Waals surface area contributed by atoms with E-state index in [0.717, 1.165) is 35.3 Å². The molecule has 7 nitrogen and oxygen atoms in total. The van der Waals surface area contributed by atoms with Gasteiger partial charge in [-0.2, -0.15) is 10.2 Å². The lowest BCUT2D eigenvalue weighted by atomic mass is 9.73. The number of nitrogens with zero attached hydrogens (tertiary/aromatic N) is 4. The molecule has 0 saturated heterocycles. The second-order valence-corrected chi connectivity index (χ2v) is 11.8. The van der Waals surface area contributed by atoms with Gasteiger partial charge in [0.1, 0.15) is 5.75 Å². The van der Waals surface area contributed by atoms with Gasteiger partial charge in [-0.15, -0.1) is 0 Å². The topological polar surface area (TPSA) is 74.6 Å². The van der Waals surface area contributed by atoms with Crippen LogP contribution < -0.4 is 14.8 Å². The smallest absolute Gasteiger partial charge is 0.256 e. The van der Waals surface area contributed by atoms with Crippen LogP contribution in [0, 0.1) is 25.7 Å². The number of hydrogen-bond donors (Lipinski definition) is 0. The molecule has 3 aromatic carbocycles. The van der Waals surface area contributed by atoms with Crippen LogP contribution in [0.4, 0.5) is 11.4 Å². The molecule has 0 saturated carbocycles. The number of unbranched alkanes of at least 4 members (excludes halogenated alkanes) is 4. The van der Waals surface area contributed by atoms with E-state index in [1.54, 1.807) is 0 Å². The predicted octanol–water partition coefficient (Wildman–Crippen LogP) is 7.81. The number of benzene rings is 3. The van der Waals surface area contributed by atoms with Gasteiger partial charge in [0.2, 0.25) is 0 Å². The van der Waals surface area contributed by atoms with Crippen molar-refractivity contribution in [1.82, 2.24) is 0 Å². The summed E-state index contributed by atoms with van der Waals surface area (Å²) in [5.41, 5.74) is 5.87. The predicted molar refractivity (Wildman–Crippen MR) is 174 cm³/mol. The zero-order valence-electron chi connectivity index (χ0n) is 25.9. The molecule has 224 valence electrons. The maximum absolute atomic E-state index is 14.1. The van der Waals surface area contributed by atoms with E-state index in [1.165, 1.54) is 29.3 Å². The number of ether oxygens (including phenoxy) is 1. The number of amides is 2. The molecule has 2 unspecified atom stereocenters. The fourth-order valence-electron chi connectivity index (χ4n) is 5.99. The molecule has 0 radical (unpaired) electrons. The van der Waals surface area contributed by atoms with Crippen molar-refractivity contribution in [2.45, 2.75) is 72.6 Å². The van der Waals surface area contributed by atoms with E-state index in [9.17, 15) is 9.59 Å². The third kappa shape index (κ3) is 6.56. The highest BCUT2D eigenvalue weighted by atomic mass is 16.5. The largest absolute Gasteiger partial charge is 0.494 e. The van der Waals surface area contributed by atoms with Gasteiger partial charge in [-0.25, -0.2) is 10.0 Å². The average Bonchev–Trinajstić information content (AvgIpc) is 3.46. The van der Waals surface area contributed by atoms with Crippen LogP contribution in [-0.2, 0) is 9.59 Å². The van der Waals surface area contributed by atoms with Gasteiger partial charge in [-0.1, -0.05) is 80.1 Å². The van der Waals surface area contributed by atoms with Crippen LogP contribution in [0.5, 0.6) is 5.75 Å². The number of aryl methyl sites for hydroxylation is 2. The van der Waals surface area contributed by atoms with Crippen molar-refractivity contribution in [2.75, 3.05) is 16.6 Å². The van der Waals surface area contributed by atoms with E-state index in [2.05, 4.69) is 6.92 Å². The van der Waals surface area contributed by atoms with Crippen LogP contribution in [0.15, 0.2) is 83.0 Å². The Labute approximate surface area is 255 Å². The molecule has 2 atom stereocenters. The van der Waals surface area contributed by atoms with Gasteiger partial charge in [0.25, 0.3) is 11.8 Å². The van der Waals surface area contributed by atoms with E-state index >= 15 is 0 Å². The minimum absolute atomic E-state index is 0.145. The van der Waals surface area contributed by atoms with Crippen LogP contribution in [0.2, 0.25) is 0 Å². The average molecular weight is 579 g/mol. The zero-order valence-corrected chi connectivity index (χ0v) is 25.9. The van der Waals surface area contributed by atoms with E-state index in [-0.39, 0.29) is 11.8 Å². The lowest BCUT2D eigenvalue weighted by Crippen LogP contribution is -2.40. The summed E-state index contributed by atoms with van der Waals surface area (Å²) in [6.45, 7) is 10.7. The first-order valence-corrected chi connectivity index (χ1v) is 15.4. The van der Waals surface area contributed by atoms with Crippen molar-refractivity contribution < 1.29 is 14.3 Å². The molecule has 0 aromatic heterocycles. The number of hydrazone groups is 2. The van der Waals surface area contributed by atoms with Gasteiger partial charge in [-0.05, 0) is 76.1 Å². The minimum Gasteiger partial charge on any atom is -0.494 e. The second kappa shape index (κ2) is 13.4. The van der Waals surface area contributed by atoms with Gasteiger partial charge in [0, 0.05) is 17.3 Å². The molecule has 3 aromatic rings. The second-order valence-electron chi connectivity index (χ2n) is 11.8. The molecule has 0 fully saturated rings. The standard InChI is InChI=1S/C36H42N4O3/c1-6-7-8-9-10-23-43-31-21-15-28(16-22-31)34(32-26(4)37-39(35(32)41)29-17-11-24(2)12-18-29)33-27(5)38-40(36(33)42)30-19-13-25(3)14-20-30/h11-22,32-34H,6-10,23H2,1-5H3. The van der Waals surface area contributed by atoms with Crippen LogP contribution in [-0.4, -0.2) is 29.8 Å². The minimum atomic E-state index is -0.622. The fourth-order valence-corrected chi connectivity index (χ4v) is 5.99. The Bertz CT molecular complexity index is 1410. The van der Waals surface area contributed by atoms with Gasteiger partial charge in [-0.3, -0.25) is 9.59 Å². The third-order valence-corrected chi connectivity index (χ3v) is 8.42. The number of carbonyl (C=O) groups is 2. The number of hydrogen-bond acceptors (Lipinski definition) is 5. The molecule has 0 bridgehead atoms. The van der Waals surface area contributed by atoms with Crippen molar-refractivity contribution in [1.29, 1.82) is 0 Å². The van der Waals surface area contributed by atoms with Gasteiger partial charge < -0.3 is 4.74 Å². The highest BCUT2D eigenvalue weighted by molar-refractivity contribution is 6.19. The molecule has 43 heavy (non-hydrogen) atoms. The molecule has 0 spiro atoms. The Balaban J connectivity index is 1.44. The van der Waals surface area contributed by atoms with Crippen molar-refractivity contribution in [3.63, 3.8) is 0 Å². The normalized spacial score (nSPS) is 19.1. The van der Waals surface area contributed by atoms with Gasteiger partial charge in [0.15, 0.2) is 0 Å². The summed E-state index contributed by atoms with van der Waals surface area (Å²) in [6, 6.07) is 23.4. The maximum Gasteiger partial charge on any atom is 0.256 e. The Kier molecular flexibility index (Phi) is 9.39. The molecule has 0 N–H and O–H groups in total. The summed E-state index contributed by atoms with van der Waals surface area (Å²) in [6.07, 6.45) is 5.88. The Morgan fingerprint density at radius 3 is 1.58 bits per heavy atom. The number of carbonyl (C=O) groups excluding carboxylic acids is 2. The first-order valence-electron chi connectivity index (χ1n) is 15.4. The van der Waals surface area contributed by atoms with E-state index < -0.39 is 17.8 Å². The molecule has 7 heteroatoms. The SMILES string of the molecule is CCCCCCCOc1ccc(C(C2C(=O)N(c3ccc(C)cc3)N=C2C)C2C(=O)N(c3ccc(C)cc3)N=C2C)cc1. The van der Waals surface area contributed by atoms with Crippen molar-refractivity contribution in [3.05, 3.63) is 89.5 Å². The lowest BCUT2D eigenvalue weighted by molar-refractivity contribution is -0.122. The number of rotatable bonds is 12. The quantitative estimate of drug-likeness (QED) is 0.206. The third-order valence-electron chi connectivity index (χ3n) is 8.42. The molecule has 2 aliphatic rings. The Morgan fingerprint density at radius 1 is 0.651 bits per heavy atom. The highest BCUT2D eigenvalue weighted by Crippen LogP contribution is 2.43. The van der Waals surface area contributed by atoms with Crippen LogP contribution in [0.1, 0.15) is 75.5 Å². The van der Waals surface area contributed by atoms with E-state index in [0.29, 0.717) is 29.4 Å². The summed E-state index contributed by atoms with van der Waals surface area (Å²) in [5.74, 6) is -1.23. The monoisotopic (exact) mass is 578 g/mol. The first kappa shape index (κ1) is 30.2. The van der Waals surface area contributed by atoms with Crippen LogP contribution in [0.25, 0.3) is 0 Å². The molecule has 5 rings (SSSR count). The summed E-state index contributed by atoms with van der Waals surface area (Å²) in [5, 5.41) is 12.4. The van der Waals surface area contributed by atoms with E-state index in [4.69, 9.17) is 14.9 Å². The maximum atomic E-state index is 14.1. The van der Waals surface area contributed by atoms with Crippen molar-refractivity contribution in [3.8, 4) is 5.75 Å². The molecule has 2 amide bonds. The van der Waals surface area contributed by atoms with E-state index in [1.807, 2.05) is 100 Å². The highest BCUT2D eigenvalue weighted by Gasteiger charge is 2.50. The fraction of sp³-hybridized carbons (Fsp3) is 0.389. The summed E-state index contributed by atoms with van der Waals surface area (Å²) in [4.78, 5) is 28.2. The molecule has 2 heterocycles. The molecule has 0 aliphatic carbocycles. The number of anilines is 2. The van der Waals surface area contributed by atoms with Crippen molar-refractivity contribution >= 4 is 34.6 Å². The van der Waals surface area contributed by atoms with Crippen molar-refractivity contribution in [2.24, 2.45) is 22.0 Å². The lowest BCUT2D eigenvalue weighted by Gasteiger charge is -2.29. The van der Waals surface area contributed by atoms with Crippen LogP contribution in [0.3, 0.4) is 0 Å². The Morgan fingerprint density at radius 2 is 1.12 bits per heavy atom. The zero-order chi connectivity index (χ0) is 30.5. The van der Waals surface area contributed by atoms with Crippen LogP contribution >= 0.6 is 0 Å². The molecular weight excluding hydrogens is 536 g/mol. The molecule has 2 aliphatic heterocycles. The summed E-state index contributed by atoms with van der Waals surface area (Å²) < 4.78 is 6.03. The Hall–Kier alpha value is -4.26. The van der Waals surface area contributed by atoms with Gasteiger partial charge >= 0.3 is 0 Å². The molecular formula is C36H42N4O3.